The number of ether oxygens (including phenoxy) is 6. The largest absolute Gasteiger partial charge is 0.459 e. The molecule has 1 rings (SSSR count). The van der Waals surface area contributed by atoms with E-state index in [-0.39, 0.29) is 24.2 Å². The Hall–Kier alpha value is -3.18. The van der Waals surface area contributed by atoms with Gasteiger partial charge in [0, 0.05) is 0 Å². The highest BCUT2D eigenvalue weighted by atomic mass is 16.6. The van der Waals surface area contributed by atoms with E-state index in [9.17, 15) is 28.8 Å². The van der Waals surface area contributed by atoms with Crippen LogP contribution in [0, 0.1) is 22.2 Å². The normalized spacial score (nSPS) is 14.6. The summed E-state index contributed by atoms with van der Waals surface area (Å²) < 4.78 is 31.5. The quantitative estimate of drug-likeness (QED) is 0.138. The maximum absolute atomic E-state index is 12.0. The lowest BCUT2D eigenvalue weighted by molar-refractivity contribution is -0.189. The van der Waals surface area contributed by atoms with Gasteiger partial charge in [0.2, 0.25) is 16.8 Å². The van der Waals surface area contributed by atoms with Gasteiger partial charge < -0.3 is 28.4 Å². The predicted octanol–water partition coefficient (Wildman–Crippen LogP) is 8.48. The number of esters is 6. The summed E-state index contributed by atoms with van der Waals surface area (Å²) in [6.45, 7) is 34.7. The summed E-state index contributed by atoms with van der Waals surface area (Å²) in [5, 5.41) is 0. The molecule has 1 aliphatic rings. The van der Waals surface area contributed by atoms with E-state index in [1.807, 2.05) is 34.6 Å². The van der Waals surface area contributed by atoms with Crippen molar-refractivity contribution in [3.05, 3.63) is 0 Å². The highest BCUT2D eigenvalue weighted by Gasteiger charge is 2.41. The van der Waals surface area contributed by atoms with Crippen LogP contribution in [0.15, 0.2) is 0 Å². The van der Waals surface area contributed by atoms with E-state index >= 15 is 0 Å². The fraction of sp³-hybridized carbons (Fsp3) is 0.854. The van der Waals surface area contributed by atoms with Gasteiger partial charge in [-0.05, 0) is 149 Å². The zero-order chi connectivity index (χ0) is 42.6. The fourth-order valence-corrected chi connectivity index (χ4v) is 3.26. The molecule has 0 aromatic carbocycles. The molecule has 12 heteroatoms. The van der Waals surface area contributed by atoms with E-state index in [0.717, 1.165) is 32.1 Å². The van der Waals surface area contributed by atoms with Crippen LogP contribution >= 0.6 is 0 Å². The number of carbonyl (C=O) groups excluding carboxylic acids is 6. The van der Waals surface area contributed by atoms with Gasteiger partial charge in [0.1, 0.15) is 18.3 Å². The highest BCUT2D eigenvalue weighted by Crippen LogP contribution is 2.27. The van der Waals surface area contributed by atoms with Gasteiger partial charge in [-0.2, -0.15) is 0 Å². The summed E-state index contributed by atoms with van der Waals surface area (Å²) in [5.41, 5.74) is -5.60. The van der Waals surface area contributed by atoms with Gasteiger partial charge >= 0.3 is 35.8 Å². The average Bonchev–Trinajstić information content (AvgIpc) is 2.95. The van der Waals surface area contributed by atoms with Crippen molar-refractivity contribution in [2.45, 2.75) is 206 Å². The SMILES string of the molecule is CC(C)(C)C(=O)OC(C)(C)C(=O)OC1CCC1.CC(C)C(C)OC(=O)C(C)(C)OC(=O)C(C)(C)C.CCC(CC)OC(=O)C(C)(C)OC(=O)C(C)(C)C. The molecular weight excluding hydrogens is 684 g/mol. The van der Waals surface area contributed by atoms with Crippen LogP contribution in [0.25, 0.3) is 0 Å². The zero-order valence-corrected chi connectivity index (χ0v) is 36.7. The minimum Gasteiger partial charge on any atom is -0.459 e. The molecule has 0 N–H and O–H groups in total. The lowest BCUT2D eigenvalue weighted by Gasteiger charge is -2.31. The monoisotopic (exact) mass is 759 g/mol. The molecule has 0 aliphatic heterocycles. The molecule has 12 nitrogen and oxygen atoms in total. The third-order valence-electron chi connectivity index (χ3n) is 8.10. The first-order chi connectivity index (χ1) is 23.5. The second-order valence-corrected chi connectivity index (χ2v) is 18.6. The summed E-state index contributed by atoms with van der Waals surface area (Å²) in [4.78, 5) is 71.0. The van der Waals surface area contributed by atoms with Crippen molar-refractivity contribution in [1.82, 2.24) is 0 Å². The van der Waals surface area contributed by atoms with Crippen LogP contribution in [-0.2, 0) is 57.2 Å². The van der Waals surface area contributed by atoms with Crippen LogP contribution in [0.4, 0.5) is 0 Å². The standard InChI is InChI=1S/2C14H26O4.C13H22O4/c1-9(2)10(3)17-12(16)14(7,8)18-11(15)13(4,5)6;1-8-10(9-2)17-12(16)14(6,7)18-11(15)13(3,4)5;1-12(2,3)10(14)17-13(4,5)11(15)16-9-7-6-8-9/h9-10H,1-8H3;10H,8-9H2,1-7H3;9H,6-8H2,1-5H3. The Morgan fingerprint density at radius 1 is 0.491 bits per heavy atom. The van der Waals surface area contributed by atoms with E-state index < -0.39 is 68.9 Å². The first kappa shape index (κ1) is 51.9. The minimum absolute atomic E-state index is 0.00936. The average molecular weight is 759 g/mol. The second kappa shape index (κ2) is 20.5. The summed E-state index contributed by atoms with van der Waals surface area (Å²) in [6, 6.07) is 0. The summed E-state index contributed by atoms with van der Waals surface area (Å²) in [6.07, 6.45) is 4.12. The van der Waals surface area contributed by atoms with Gasteiger partial charge in [0.05, 0.1) is 16.2 Å². The minimum atomic E-state index is -1.26. The Bertz CT molecular complexity index is 1160. The second-order valence-electron chi connectivity index (χ2n) is 18.6. The molecule has 1 atom stereocenters. The van der Waals surface area contributed by atoms with Crippen LogP contribution in [0.3, 0.4) is 0 Å². The van der Waals surface area contributed by atoms with Gasteiger partial charge in [0.15, 0.2) is 0 Å². The summed E-state index contributed by atoms with van der Waals surface area (Å²) >= 11 is 0. The van der Waals surface area contributed by atoms with Crippen LogP contribution < -0.4 is 0 Å². The van der Waals surface area contributed by atoms with E-state index in [1.54, 1.807) is 104 Å². The molecule has 0 bridgehead atoms. The van der Waals surface area contributed by atoms with Crippen molar-refractivity contribution in [1.29, 1.82) is 0 Å². The molecule has 1 unspecified atom stereocenters. The molecule has 1 saturated carbocycles. The Labute approximate surface area is 320 Å². The van der Waals surface area contributed by atoms with Gasteiger partial charge in [-0.1, -0.05) is 27.7 Å². The molecule has 0 amide bonds. The van der Waals surface area contributed by atoms with Crippen LogP contribution in [0.1, 0.15) is 171 Å². The van der Waals surface area contributed by atoms with Crippen LogP contribution in [0.5, 0.6) is 0 Å². The van der Waals surface area contributed by atoms with E-state index in [4.69, 9.17) is 28.4 Å². The van der Waals surface area contributed by atoms with Crippen molar-refractivity contribution >= 4 is 35.8 Å². The first-order valence-corrected chi connectivity index (χ1v) is 18.9. The van der Waals surface area contributed by atoms with Crippen molar-refractivity contribution in [3.8, 4) is 0 Å². The van der Waals surface area contributed by atoms with E-state index in [0.29, 0.717) is 0 Å². The third-order valence-corrected chi connectivity index (χ3v) is 8.10. The predicted molar refractivity (Wildman–Crippen MR) is 203 cm³/mol. The van der Waals surface area contributed by atoms with Crippen molar-refractivity contribution in [3.63, 3.8) is 0 Å². The Balaban J connectivity index is 0. The maximum atomic E-state index is 12.0. The molecule has 53 heavy (non-hydrogen) atoms. The van der Waals surface area contributed by atoms with Gasteiger partial charge in [0.25, 0.3) is 0 Å². The molecule has 0 aromatic heterocycles. The lowest BCUT2D eigenvalue weighted by Crippen LogP contribution is -2.44. The maximum Gasteiger partial charge on any atom is 0.350 e. The molecule has 0 radical (unpaired) electrons. The molecule has 0 heterocycles. The number of hydrogen-bond donors (Lipinski definition) is 0. The number of carbonyl (C=O) groups is 6. The van der Waals surface area contributed by atoms with Crippen LogP contribution in [-0.4, -0.2) is 70.9 Å². The molecule has 0 spiro atoms. The van der Waals surface area contributed by atoms with Gasteiger partial charge in [-0.25, -0.2) is 14.4 Å². The topological polar surface area (TPSA) is 158 Å². The lowest BCUT2D eigenvalue weighted by atomic mass is 9.95. The highest BCUT2D eigenvalue weighted by molar-refractivity contribution is 5.86. The summed E-state index contributed by atoms with van der Waals surface area (Å²) in [7, 11) is 0. The van der Waals surface area contributed by atoms with E-state index in [2.05, 4.69) is 0 Å². The molecule has 0 saturated heterocycles. The Morgan fingerprint density at radius 2 is 0.792 bits per heavy atom. The van der Waals surface area contributed by atoms with Crippen LogP contribution in [0.2, 0.25) is 0 Å². The number of rotatable bonds is 12. The molecule has 1 aliphatic carbocycles. The molecule has 0 aromatic rings. The molecule has 310 valence electrons. The third kappa shape index (κ3) is 19.6. The smallest absolute Gasteiger partial charge is 0.350 e. The first-order valence-electron chi connectivity index (χ1n) is 18.9. The van der Waals surface area contributed by atoms with Crippen molar-refractivity contribution < 1.29 is 57.2 Å². The molecular formula is C41H74O12. The van der Waals surface area contributed by atoms with Crippen molar-refractivity contribution in [2.24, 2.45) is 22.2 Å². The van der Waals surface area contributed by atoms with Gasteiger partial charge in [-0.3, -0.25) is 14.4 Å². The zero-order valence-electron chi connectivity index (χ0n) is 36.7. The van der Waals surface area contributed by atoms with Crippen molar-refractivity contribution in [2.75, 3.05) is 0 Å². The Kier molecular flexibility index (Phi) is 20.1. The number of hydrogen-bond acceptors (Lipinski definition) is 12. The van der Waals surface area contributed by atoms with Gasteiger partial charge in [-0.15, -0.1) is 0 Å². The summed E-state index contributed by atoms with van der Waals surface area (Å²) in [5.74, 6) is -2.46. The molecule has 1 fully saturated rings. The Morgan fingerprint density at radius 3 is 1.04 bits per heavy atom. The van der Waals surface area contributed by atoms with E-state index in [1.165, 1.54) is 0 Å². The fourth-order valence-electron chi connectivity index (χ4n) is 3.26.